The van der Waals surface area contributed by atoms with Gasteiger partial charge in [-0.3, -0.25) is 4.90 Å². The Bertz CT molecular complexity index is 1070. The highest BCUT2D eigenvalue weighted by atomic mass is 19.4. The molecule has 176 valence electrons. The number of ether oxygens (including phenoxy) is 1. The van der Waals surface area contributed by atoms with Crippen LogP contribution in [-0.4, -0.2) is 77.9 Å². The van der Waals surface area contributed by atoms with Gasteiger partial charge in [-0.15, -0.1) is 0 Å². The molecule has 11 heteroatoms. The van der Waals surface area contributed by atoms with Crippen molar-refractivity contribution >= 4 is 17.6 Å². The topological polar surface area (TPSA) is 83.6 Å². The zero-order chi connectivity index (χ0) is 22.9. The molecule has 0 amide bonds. The summed E-state index contributed by atoms with van der Waals surface area (Å²) in [5.74, 6) is 1.49. The zero-order valence-electron chi connectivity index (χ0n) is 18.3. The molecule has 5 aliphatic rings. The van der Waals surface area contributed by atoms with Crippen molar-refractivity contribution in [1.29, 1.82) is 0 Å². The van der Waals surface area contributed by atoms with Crippen LogP contribution in [0.15, 0.2) is 18.3 Å². The van der Waals surface area contributed by atoms with Gasteiger partial charge in [-0.1, -0.05) is 0 Å². The molecule has 4 aliphatic heterocycles. The quantitative estimate of drug-likeness (QED) is 0.702. The lowest BCUT2D eigenvalue weighted by molar-refractivity contribution is -0.137. The van der Waals surface area contributed by atoms with E-state index in [9.17, 15) is 13.2 Å². The van der Waals surface area contributed by atoms with E-state index in [1.165, 1.54) is 6.20 Å². The number of aromatic nitrogens is 3. The molecular weight excluding hydrogens is 435 g/mol. The lowest BCUT2D eigenvalue weighted by Gasteiger charge is -2.62. The van der Waals surface area contributed by atoms with E-state index in [-0.39, 0.29) is 0 Å². The first-order valence-corrected chi connectivity index (χ1v) is 11.3. The molecule has 2 aromatic heterocycles. The minimum atomic E-state index is -4.58. The molecule has 4 saturated heterocycles. The summed E-state index contributed by atoms with van der Waals surface area (Å²) in [6, 6.07) is 4.07. The SMILES string of the molecule is COCCN1C[C@@H]2C1CN2c1cc(-c2cnc(N)c(C(F)(F)F)c2)nc(N2CC3CC2C3)n1. The third-order valence-electron chi connectivity index (χ3n) is 7.58. The summed E-state index contributed by atoms with van der Waals surface area (Å²) in [7, 11) is 1.70. The molecule has 2 bridgehead atoms. The molecule has 7 rings (SSSR count). The highest BCUT2D eigenvalue weighted by molar-refractivity contribution is 5.68. The number of nitrogens with two attached hydrogens (primary N) is 1. The molecular formula is C22H26F3N7O. The van der Waals surface area contributed by atoms with E-state index in [1.807, 2.05) is 0 Å². The van der Waals surface area contributed by atoms with E-state index >= 15 is 0 Å². The van der Waals surface area contributed by atoms with Crippen molar-refractivity contribution in [2.45, 2.75) is 37.1 Å². The van der Waals surface area contributed by atoms with Crippen LogP contribution in [0.25, 0.3) is 11.3 Å². The van der Waals surface area contributed by atoms with Crippen LogP contribution in [0, 0.1) is 5.92 Å². The van der Waals surface area contributed by atoms with Crippen LogP contribution in [0.1, 0.15) is 18.4 Å². The number of nitrogens with zero attached hydrogens (tertiary/aromatic N) is 6. The smallest absolute Gasteiger partial charge is 0.383 e. The predicted molar refractivity (Wildman–Crippen MR) is 117 cm³/mol. The molecule has 2 aromatic rings. The van der Waals surface area contributed by atoms with E-state index < -0.39 is 17.6 Å². The average Bonchev–Trinajstić information content (AvgIpc) is 3.35. The fraction of sp³-hybridized carbons (Fsp3) is 0.591. The number of methoxy groups -OCH3 is 1. The Morgan fingerprint density at radius 2 is 1.91 bits per heavy atom. The number of fused-ring (bicyclic) bond motifs is 2. The molecule has 0 radical (unpaired) electrons. The minimum absolute atomic E-state index is 0.292. The number of pyridine rings is 1. The van der Waals surface area contributed by atoms with Crippen molar-refractivity contribution in [1.82, 2.24) is 19.9 Å². The Balaban J connectivity index is 1.33. The molecule has 1 unspecified atom stereocenters. The lowest BCUT2D eigenvalue weighted by atomic mass is 9.85. The number of piperazine rings is 1. The normalized spacial score (nSPS) is 28.2. The number of hydrogen-bond acceptors (Lipinski definition) is 8. The maximum atomic E-state index is 13.4. The average molecular weight is 461 g/mol. The van der Waals surface area contributed by atoms with Crippen LogP contribution in [0.4, 0.5) is 30.8 Å². The van der Waals surface area contributed by atoms with E-state index in [2.05, 4.69) is 24.7 Å². The van der Waals surface area contributed by atoms with E-state index in [4.69, 9.17) is 15.5 Å². The van der Waals surface area contributed by atoms with Gasteiger partial charge in [0.25, 0.3) is 0 Å². The fourth-order valence-corrected chi connectivity index (χ4v) is 5.54. The van der Waals surface area contributed by atoms with Crippen molar-refractivity contribution in [3.05, 3.63) is 23.9 Å². The molecule has 2 N–H and O–H groups in total. The highest BCUT2D eigenvalue weighted by Gasteiger charge is 2.52. The van der Waals surface area contributed by atoms with Crippen LogP contribution in [-0.2, 0) is 10.9 Å². The molecule has 0 spiro atoms. The van der Waals surface area contributed by atoms with Crippen LogP contribution in [0.2, 0.25) is 0 Å². The molecule has 0 aromatic carbocycles. The van der Waals surface area contributed by atoms with Gasteiger partial charge in [0.05, 0.1) is 23.9 Å². The predicted octanol–water partition coefficient (Wildman–Crippen LogP) is 2.26. The fourth-order valence-electron chi connectivity index (χ4n) is 5.54. The highest BCUT2D eigenvalue weighted by Crippen LogP contribution is 2.44. The third kappa shape index (κ3) is 3.40. The van der Waals surface area contributed by atoms with Gasteiger partial charge in [0.15, 0.2) is 0 Å². The van der Waals surface area contributed by atoms with Crippen molar-refractivity contribution < 1.29 is 17.9 Å². The Labute approximate surface area is 189 Å². The first-order valence-electron chi connectivity index (χ1n) is 11.3. The number of anilines is 3. The van der Waals surface area contributed by atoms with Gasteiger partial charge < -0.3 is 20.3 Å². The maximum absolute atomic E-state index is 13.4. The second-order valence-corrected chi connectivity index (χ2v) is 9.48. The lowest BCUT2D eigenvalue weighted by Crippen LogP contribution is -2.79. The second-order valence-electron chi connectivity index (χ2n) is 9.48. The van der Waals surface area contributed by atoms with Gasteiger partial charge in [0.1, 0.15) is 11.6 Å². The standard InChI is InChI=1S/C22H26F3N7O/c1-33-3-2-30-10-18-17(30)11-32(18)19-7-16(13-6-15(22(23,24)25)20(26)27-8-13)28-21(29-19)31-9-12-4-14(31)5-12/h6-8,12,14,17-18H,2-5,9-11H2,1H3,(H2,26,27)/t12?,14?,17?,18-/m1/s1. The molecule has 8 nitrogen and oxygen atoms in total. The number of rotatable bonds is 6. The summed E-state index contributed by atoms with van der Waals surface area (Å²) in [5, 5.41) is 0. The van der Waals surface area contributed by atoms with Crippen LogP contribution in [0.3, 0.4) is 0 Å². The molecule has 1 aliphatic carbocycles. The first kappa shape index (κ1) is 20.9. The van der Waals surface area contributed by atoms with Gasteiger partial charge in [0, 0.05) is 63.2 Å². The van der Waals surface area contributed by atoms with Crippen molar-refractivity contribution in [2.24, 2.45) is 5.92 Å². The van der Waals surface area contributed by atoms with Crippen LogP contribution >= 0.6 is 0 Å². The Morgan fingerprint density at radius 3 is 2.55 bits per heavy atom. The summed E-state index contributed by atoms with van der Waals surface area (Å²) in [5.41, 5.74) is 5.30. The number of halogens is 3. The summed E-state index contributed by atoms with van der Waals surface area (Å²) in [6.07, 6.45) is -0.954. The van der Waals surface area contributed by atoms with Gasteiger partial charge in [-0.2, -0.15) is 18.2 Å². The zero-order valence-corrected chi connectivity index (χ0v) is 18.3. The van der Waals surface area contributed by atoms with E-state index in [1.54, 1.807) is 13.2 Å². The number of hydrogen-bond donors (Lipinski definition) is 1. The van der Waals surface area contributed by atoms with Gasteiger partial charge in [-0.05, 0) is 24.8 Å². The van der Waals surface area contributed by atoms with Gasteiger partial charge >= 0.3 is 6.18 Å². The van der Waals surface area contributed by atoms with E-state index in [0.717, 1.165) is 50.9 Å². The number of nitrogen functional groups attached to an aromatic ring is 1. The molecule has 1 saturated carbocycles. The molecule has 6 heterocycles. The molecule has 2 atom stereocenters. The maximum Gasteiger partial charge on any atom is 0.419 e. The first-order chi connectivity index (χ1) is 15.8. The van der Waals surface area contributed by atoms with Crippen molar-refractivity contribution in [3.63, 3.8) is 0 Å². The Kier molecular flexibility index (Phi) is 4.70. The van der Waals surface area contributed by atoms with Crippen LogP contribution in [0.5, 0.6) is 0 Å². The molecule has 5 fully saturated rings. The number of alkyl halides is 3. The Hall–Kier alpha value is -2.66. The summed E-state index contributed by atoms with van der Waals surface area (Å²) >= 11 is 0. The second kappa shape index (κ2) is 7.42. The minimum Gasteiger partial charge on any atom is -0.383 e. The van der Waals surface area contributed by atoms with Crippen molar-refractivity contribution in [3.8, 4) is 11.3 Å². The largest absolute Gasteiger partial charge is 0.419 e. The summed E-state index contributed by atoms with van der Waals surface area (Å²) in [6.45, 7) is 4.27. The Morgan fingerprint density at radius 1 is 1.09 bits per heavy atom. The summed E-state index contributed by atoms with van der Waals surface area (Å²) in [4.78, 5) is 20.2. The molecule has 33 heavy (non-hydrogen) atoms. The van der Waals surface area contributed by atoms with Gasteiger partial charge in [0.2, 0.25) is 5.95 Å². The van der Waals surface area contributed by atoms with Crippen LogP contribution < -0.4 is 15.5 Å². The monoisotopic (exact) mass is 461 g/mol. The van der Waals surface area contributed by atoms with Crippen molar-refractivity contribution in [2.75, 3.05) is 55.4 Å². The number of likely N-dealkylation sites (tertiary alicyclic amines) is 1. The van der Waals surface area contributed by atoms with Gasteiger partial charge in [-0.25, -0.2) is 9.97 Å². The summed E-state index contributed by atoms with van der Waals surface area (Å²) < 4.78 is 45.5. The third-order valence-corrected chi connectivity index (χ3v) is 7.58. The van der Waals surface area contributed by atoms with E-state index in [0.29, 0.717) is 47.9 Å².